The first kappa shape index (κ1) is 14.3. The second kappa shape index (κ2) is 8.57. The first-order chi connectivity index (χ1) is 6.74. The summed E-state index contributed by atoms with van der Waals surface area (Å²) in [6, 6.07) is 0.553. The highest BCUT2D eigenvalue weighted by Crippen LogP contribution is 2.18. The summed E-state index contributed by atoms with van der Waals surface area (Å²) in [5.41, 5.74) is 5.37. The molecule has 2 unspecified atom stereocenters. The lowest BCUT2D eigenvalue weighted by atomic mass is 9.97. The van der Waals surface area contributed by atoms with E-state index in [2.05, 4.69) is 11.9 Å². The van der Waals surface area contributed by atoms with E-state index < -0.39 is 0 Å². The molecule has 0 amide bonds. The highest BCUT2D eigenvalue weighted by atomic mass is 31.0. The van der Waals surface area contributed by atoms with E-state index in [0.29, 0.717) is 12.6 Å². The van der Waals surface area contributed by atoms with Crippen molar-refractivity contribution in [3.8, 4) is 0 Å². The summed E-state index contributed by atoms with van der Waals surface area (Å²) >= 11 is 0. The third-order valence-electron chi connectivity index (χ3n) is 2.74. The lowest BCUT2D eigenvalue weighted by Crippen LogP contribution is -2.39. The number of aliphatic hydroxyl groups is 1. The van der Waals surface area contributed by atoms with Gasteiger partial charge in [0.1, 0.15) is 0 Å². The molecule has 1 aliphatic heterocycles. The Morgan fingerprint density at radius 3 is 2.64 bits per heavy atom. The van der Waals surface area contributed by atoms with Gasteiger partial charge in [-0.3, -0.25) is 0 Å². The monoisotopic (exact) mass is 222 g/mol. The minimum absolute atomic E-state index is 0.310. The zero-order valence-electron chi connectivity index (χ0n) is 8.89. The van der Waals surface area contributed by atoms with Gasteiger partial charge in [-0.15, -0.1) is 0 Å². The van der Waals surface area contributed by atoms with Crippen LogP contribution < -0.4 is 5.73 Å². The Labute approximate surface area is 88.8 Å². The maximum Gasteiger partial charge on any atom is 0.0677 e. The van der Waals surface area contributed by atoms with Crippen molar-refractivity contribution in [2.75, 3.05) is 20.1 Å². The van der Waals surface area contributed by atoms with Gasteiger partial charge in [0.05, 0.1) is 6.10 Å². The van der Waals surface area contributed by atoms with E-state index in [-0.39, 0.29) is 6.10 Å². The minimum atomic E-state index is -0.310. The maximum absolute atomic E-state index is 9.38. The van der Waals surface area contributed by atoms with Gasteiger partial charge < -0.3 is 20.6 Å². The highest BCUT2D eigenvalue weighted by Gasteiger charge is 2.20. The molecule has 4 nitrogen and oxygen atoms in total. The Morgan fingerprint density at radius 2 is 2.14 bits per heavy atom. The van der Waals surface area contributed by atoms with Crippen LogP contribution in [0.4, 0.5) is 0 Å². The van der Waals surface area contributed by atoms with Gasteiger partial charge in [0.2, 0.25) is 0 Å². The number of nitrogens with zero attached hydrogens (tertiary/aromatic N) is 1. The van der Waals surface area contributed by atoms with Gasteiger partial charge in [0.15, 0.2) is 0 Å². The molecule has 0 saturated carbocycles. The SMILES string of the molecule is CN1CCCC[C@H]1CC(O)CN.OP. The lowest BCUT2D eigenvalue weighted by molar-refractivity contribution is 0.0990. The lowest BCUT2D eigenvalue weighted by Gasteiger charge is -2.33. The fraction of sp³-hybridized carbons (Fsp3) is 1.00. The molecule has 0 aromatic carbocycles. The van der Waals surface area contributed by atoms with Crippen LogP contribution in [0.3, 0.4) is 0 Å². The van der Waals surface area contributed by atoms with Crippen LogP contribution in [-0.2, 0) is 0 Å². The molecule has 1 saturated heterocycles. The Morgan fingerprint density at radius 1 is 1.50 bits per heavy atom. The first-order valence-electron chi connectivity index (χ1n) is 5.08. The normalized spacial score (nSPS) is 25.1. The van der Waals surface area contributed by atoms with Crippen LogP contribution in [0.25, 0.3) is 0 Å². The van der Waals surface area contributed by atoms with Crippen LogP contribution in [0.5, 0.6) is 0 Å². The number of piperidine rings is 1. The van der Waals surface area contributed by atoms with E-state index in [1.807, 2.05) is 0 Å². The predicted molar refractivity (Wildman–Crippen MR) is 61.9 cm³/mol. The summed E-state index contributed by atoms with van der Waals surface area (Å²) in [5, 5.41) is 9.38. The number of likely N-dealkylation sites (tertiary alicyclic amines) is 1. The summed E-state index contributed by atoms with van der Waals surface area (Å²) in [6.07, 6.45) is 4.34. The van der Waals surface area contributed by atoms with Crippen LogP contribution in [0.1, 0.15) is 25.7 Å². The van der Waals surface area contributed by atoms with Gasteiger partial charge in [-0.05, 0) is 42.3 Å². The van der Waals surface area contributed by atoms with Crippen LogP contribution in [0.15, 0.2) is 0 Å². The van der Waals surface area contributed by atoms with Crippen molar-refractivity contribution in [3.05, 3.63) is 0 Å². The van der Waals surface area contributed by atoms with E-state index >= 15 is 0 Å². The highest BCUT2D eigenvalue weighted by molar-refractivity contribution is 7.08. The smallest absolute Gasteiger partial charge is 0.0677 e. The Bertz CT molecular complexity index is 138. The minimum Gasteiger partial charge on any atom is -0.392 e. The molecular weight excluding hydrogens is 199 g/mol. The molecule has 5 heteroatoms. The fourth-order valence-corrected chi connectivity index (χ4v) is 1.85. The second-order valence-electron chi connectivity index (χ2n) is 3.76. The van der Waals surface area contributed by atoms with Gasteiger partial charge in [-0.1, -0.05) is 6.42 Å². The van der Waals surface area contributed by atoms with E-state index in [0.717, 1.165) is 6.42 Å². The number of hydrogen-bond donors (Lipinski definition) is 3. The summed E-state index contributed by atoms with van der Waals surface area (Å²) in [7, 11) is 3.55. The third kappa shape index (κ3) is 5.23. The molecule has 3 atom stereocenters. The summed E-state index contributed by atoms with van der Waals surface area (Å²) in [6.45, 7) is 1.56. The summed E-state index contributed by atoms with van der Waals surface area (Å²) < 4.78 is 0. The molecule has 1 heterocycles. The van der Waals surface area contributed by atoms with Crippen LogP contribution in [0, 0.1) is 0 Å². The average molecular weight is 222 g/mol. The topological polar surface area (TPSA) is 69.7 Å². The molecule has 4 N–H and O–H groups in total. The molecular formula is C9H23N2O2P. The zero-order chi connectivity index (χ0) is 11.0. The van der Waals surface area contributed by atoms with Crippen LogP contribution in [-0.4, -0.2) is 47.2 Å². The van der Waals surface area contributed by atoms with Crippen molar-refractivity contribution in [1.29, 1.82) is 0 Å². The van der Waals surface area contributed by atoms with E-state index in [9.17, 15) is 5.11 Å². The molecule has 1 fully saturated rings. The largest absolute Gasteiger partial charge is 0.392 e. The van der Waals surface area contributed by atoms with Gasteiger partial charge in [0.25, 0.3) is 0 Å². The molecule has 0 bridgehead atoms. The average Bonchev–Trinajstić information content (AvgIpc) is 2.24. The van der Waals surface area contributed by atoms with Crippen LogP contribution in [0.2, 0.25) is 0 Å². The van der Waals surface area contributed by atoms with Crippen molar-refractivity contribution in [3.63, 3.8) is 0 Å². The number of hydrogen-bond acceptors (Lipinski definition) is 4. The van der Waals surface area contributed by atoms with E-state index in [1.165, 1.54) is 35.3 Å². The Kier molecular flexibility index (Phi) is 8.73. The van der Waals surface area contributed by atoms with Gasteiger partial charge >= 0.3 is 0 Å². The third-order valence-corrected chi connectivity index (χ3v) is 2.74. The van der Waals surface area contributed by atoms with Crippen molar-refractivity contribution >= 4 is 9.47 Å². The van der Waals surface area contributed by atoms with E-state index in [1.54, 1.807) is 0 Å². The zero-order valence-corrected chi connectivity index (χ0v) is 10.0. The molecule has 1 rings (SSSR count). The molecule has 0 aromatic rings. The molecule has 0 spiro atoms. The summed E-state index contributed by atoms with van der Waals surface area (Å²) in [4.78, 5) is 9.25. The second-order valence-corrected chi connectivity index (χ2v) is 3.76. The van der Waals surface area contributed by atoms with Gasteiger partial charge in [-0.25, -0.2) is 0 Å². The van der Waals surface area contributed by atoms with Crippen molar-refractivity contribution < 1.29 is 10.00 Å². The van der Waals surface area contributed by atoms with Crippen molar-refractivity contribution in [2.45, 2.75) is 37.8 Å². The molecule has 0 radical (unpaired) electrons. The van der Waals surface area contributed by atoms with Gasteiger partial charge in [0, 0.05) is 12.6 Å². The first-order valence-corrected chi connectivity index (χ1v) is 5.60. The molecule has 0 aromatic heterocycles. The quantitative estimate of drug-likeness (QED) is 0.586. The number of rotatable bonds is 3. The standard InChI is InChI=1S/C9H20N2O.H3OP/c1-11-5-3-2-4-8(11)6-9(12)7-10;1-2/h8-9,12H,2-7,10H2,1H3;1H,2H2/t8-,9?;/m0./s1. The molecule has 14 heavy (non-hydrogen) atoms. The Balaban J connectivity index is 0.000000791. The van der Waals surface area contributed by atoms with Crippen LogP contribution >= 0.6 is 9.47 Å². The predicted octanol–water partition coefficient (Wildman–Crippen LogP) is -0.0508. The summed E-state index contributed by atoms with van der Waals surface area (Å²) in [5.74, 6) is 0. The Hall–Kier alpha value is 0.270. The molecule has 0 aliphatic carbocycles. The number of aliphatic hydroxyl groups excluding tert-OH is 1. The fourth-order valence-electron chi connectivity index (χ4n) is 1.85. The molecule has 1 aliphatic rings. The molecule has 86 valence electrons. The van der Waals surface area contributed by atoms with Crippen molar-refractivity contribution in [1.82, 2.24) is 4.90 Å². The van der Waals surface area contributed by atoms with E-state index in [4.69, 9.17) is 10.6 Å². The van der Waals surface area contributed by atoms with Gasteiger partial charge in [-0.2, -0.15) is 0 Å². The number of nitrogens with two attached hydrogens (primary N) is 1. The van der Waals surface area contributed by atoms with Crippen molar-refractivity contribution in [2.24, 2.45) is 5.73 Å². The maximum atomic E-state index is 9.38.